The minimum Gasteiger partial charge on any atom is -0.384 e. The summed E-state index contributed by atoms with van der Waals surface area (Å²) in [6.45, 7) is 0.534. The third kappa shape index (κ3) is 6.14. The second kappa shape index (κ2) is 9.68. The highest BCUT2D eigenvalue weighted by Crippen LogP contribution is 2.32. The summed E-state index contributed by atoms with van der Waals surface area (Å²) >= 11 is 5.94. The second-order valence-electron chi connectivity index (χ2n) is 7.81. The molecule has 0 aromatic heterocycles. The Balaban J connectivity index is 1.54. The van der Waals surface area contributed by atoms with Gasteiger partial charge in [0.15, 0.2) is 0 Å². The zero-order chi connectivity index (χ0) is 23.5. The Kier molecular flexibility index (Phi) is 7.36. The highest BCUT2D eigenvalue weighted by atomic mass is 35.5. The van der Waals surface area contributed by atoms with Crippen molar-refractivity contribution < 1.29 is 26.4 Å². The first-order chi connectivity index (χ1) is 14.9. The first kappa shape index (κ1) is 24.3. The van der Waals surface area contributed by atoms with E-state index in [0.717, 1.165) is 31.0 Å². The van der Waals surface area contributed by atoms with Gasteiger partial charge in [-0.3, -0.25) is 4.79 Å². The Labute approximate surface area is 189 Å². The number of anilines is 1. The largest absolute Gasteiger partial charge is 0.416 e. The summed E-state index contributed by atoms with van der Waals surface area (Å²) in [5.41, 5.74) is -0.698. The topological polar surface area (TPSA) is 101 Å². The molecule has 0 spiro atoms. The molecule has 11 heteroatoms. The van der Waals surface area contributed by atoms with Crippen LogP contribution in [-0.2, 0) is 16.2 Å². The van der Waals surface area contributed by atoms with E-state index in [1.54, 1.807) is 18.2 Å². The van der Waals surface area contributed by atoms with Gasteiger partial charge in [-0.25, -0.2) is 13.6 Å². The molecule has 0 aliphatic heterocycles. The van der Waals surface area contributed by atoms with E-state index in [-0.39, 0.29) is 27.4 Å². The predicted octanol–water partition coefficient (Wildman–Crippen LogP) is 4.41. The number of carbonyl (C=O) groups excluding carboxylic acids is 1. The van der Waals surface area contributed by atoms with E-state index in [1.807, 2.05) is 0 Å². The van der Waals surface area contributed by atoms with Crippen LogP contribution in [0.5, 0.6) is 0 Å². The summed E-state index contributed by atoms with van der Waals surface area (Å²) < 4.78 is 62.2. The average molecular weight is 490 g/mol. The zero-order valence-electron chi connectivity index (χ0n) is 17.0. The van der Waals surface area contributed by atoms with Crippen LogP contribution in [0.2, 0.25) is 5.02 Å². The van der Waals surface area contributed by atoms with Crippen LogP contribution in [0, 0.1) is 5.92 Å². The molecule has 1 aliphatic rings. The Morgan fingerprint density at radius 2 is 1.75 bits per heavy atom. The van der Waals surface area contributed by atoms with Gasteiger partial charge in [0.05, 0.1) is 21.8 Å². The molecule has 1 saturated carbocycles. The molecule has 0 saturated heterocycles. The van der Waals surface area contributed by atoms with Crippen molar-refractivity contribution in [3.8, 4) is 0 Å². The molecule has 0 unspecified atom stereocenters. The van der Waals surface area contributed by atoms with Crippen LogP contribution in [0.1, 0.15) is 41.6 Å². The number of hydrogen-bond acceptors (Lipinski definition) is 4. The van der Waals surface area contributed by atoms with Crippen molar-refractivity contribution in [2.24, 2.45) is 11.1 Å². The van der Waals surface area contributed by atoms with Crippen LogP contribution in [0.4, 0.5) is 18.9 Å². The predicted molar refractivity (Wildman–Crippen MR) is 116 cm³/mol. The van der Waals surface area contributed by atoms with E-state index in [4.69, 9.17) is 16.7 Å². The number of carbonyl (C=O) groups is 1. The van der Waals surface area contributed by atoms with Crippen LogP contribution in [0.3, 0.4) is 0 Å². The van der Waals surface area contributed by atoms with E-state index in [0.29, 0.717) is 25.1 Å². The lowest BCUT2D eigenvalue weighted by Crippen LogP contribution is -2.38. The number of sulfonamides is 1. The number of alkyl halides is 3. The monoisotopic (exact) mass is 489 g/mol. The van der Waals surface area contributed by atoms with E-state index in [2.05, 4.69) is 10.6 Å². The average Bonchev–Trinajstić information content (AvgIpc) is 2.72. The van der Waals surface area contributed by atoms with Gasteiger partial charge in [0.25, 0.3) is 5.91 Å². The summed E-state index contributed by atoms with van der Waals surface area (Å²) in [5, 5.41) is 11.1. The molecule has 2 aromatic rings. The Morgan fingerprint density at radius 1 is 1.09 bits per heavy atom. The van der Waals surface area contributed by atoms with Gasteiger partial charge in [-0.1, -0.05) is 23.7 Å². The molecule has 0 bridgehead atoms. The summed E-state index contributed by atoms with van der Waals surface area (Å²) in [5.74, 6) is -0.390. The highest BCUT2D eigenvalue weighted by Gasteiger charge is 2.32. The van der Waals surface area contributed by atoms with Crippen LogP contribution >= 0.6 is 11.6 Å². The number of primary sulfonamides is 1. The molecular weight excluding hydrogens is 467 g/mol. The Bertz CT molecular complexity index is 1090. The molecule has 0 heterocycles. The van der Waals surface area contributed by atoms with Crippen LogP contribution < -0.4 is 15.8 Å². The molecule has 1 aliphatic carbocycles. The Morgan fingerprint density at radius 3 is 2.38 bits per heavy atom. The minimum absolute atomic E-state index is 0.0268. The van der Waals surface area contributed by atoms with Gasteiger partial charge in [-0.2, -0.15) is 13.2 Å². The van der Waals surface area contributed by atoms with Gasteiger partial charge in [0.1, 0.15) is 4.90 Å². The molecule has 32 heavy (non-hydrogen) atoms. The fourth-order valence-electron chi connectivity index (χ4n) is 3.76. The van der Waals surface area contributed by atoms with Crippen molar-refractivity contribution in [3.63, 3.8) is 0 Å². The minimum atomic E-state index is -4.56. The summed E-state index contributed by atoms with van der Waals surface area (Å²) in [6, 6.07) is 8.87. The van der Waals surface area contributed by atoms with Gasteiger partial charge in [-0.15, -0.1) is 0 Å². The number of nitrogens with two attached hydrogens (primary N) is 1. The van der Waals surface area contributed by atoms with Gasteiger partial charge in [0.2, 0.25) is 10.0 Å². The van der Waals surface area contributed by atoms with Crippen molar-refractivity contribution in [1.82, 2.24) is 5.32 Å². The van der Waals surface area contributed by atoms with Gasteiger partial charge >= 0.3 is 6.18 Å². The molecule has 6 nitrogen and oxygen atoms in total. The molecule has 0 radical (unpaired) electrons. The first-order valence-electron chi connectivity index (χ1n) is 9.98. The SMILES string of the molecule is NS(=O)(=O)c1ccccc1NC[C@H]1CC[C@H](NC(=O)c2cc(C(F)(F)F)ccc2Cl)CC1. The normalized spacial score (nSPS) is 19.4. The van der Waals surface area contributed by atoms with Gasteiger partial charge < -0.3 is 10.6 Å². The van der Waals surface area contributed by atoms with Crippen molar-refractivity contribution in [3.05, 3.63) is 58.6 Å². The number of benzene rings is 2. The number of nitrogens with one attached hydrogen (secondary N) is 2. The fourth-order valence-corrected chi connectivity index (χ4v) is 4.68. The van der Waals surface area contributed by atoms with E-state index >= 15 is 0 Å². The fraction of sp³-hybridized carbons (Fsp3) is 0.381. The summed E-state index contributed by atoms with van der Waals surface area (Å²) in [7, 11) is -3.84. The smallest absolute Gasteiger partial charge is 0.384 e. The number of rotatable bonds is 6. The maximum atomic E-state index is 12.9. The molecule has 3 rings (SSSR count). The first-order valence-corrected chi connectivity index (χ1v) is 11.9. The number of halogens is 4. The van der Waals surface area contributed by atoms with Crippen molar-refractivity contribution in [1.29, 1.82) is 0 Å². The molecule has 4 N–H and O–H groups in total. The number of amides is 1. The summed E-state index contributed by atoms with van der Waals surface area (Å²) in [6.07, 6.45) is -1.76. The Hall–Kier alpha value is -2.30. The quantitative estimate of drug-likeness (QED) is 0.559. The maximum absolute atomic E-state index is 12.9. The lowest BCUT2D eigenvalue weighted by Gasteiger charge is -2.29. The van der Waals surface area contributed by atoms with Crippen molar-refractivity contribution in [2.75, 3.05) is 11.9 Å². The molecule has 1 amide bonds. The van der Waals surface area contributed by atoms with Crippen molar-refractivity contribution in [2.45, 2.75) is 42.8 Å². The van der Waals surface area contributed by atoms with Crippen LogP contribution in [0.15, 0.2) is 47.4 Å². The third-order valence-corrected chi connectivity index (χ3v) is 6.79. The van der Waals surface area contributed by atoms with E-state index < -0.39 is 27.7 Å². The highest BCUT2D eigenvalue weighted by molar-refractivity contribution is 7.89. The second-order valence-corrected chi connectivity index (χ2v) is 9.74. The molecule has 174 valence electrons. The van der Waals surface area contributed by atoms with Gasteiger partial charge in [-0.05, 0) is 61.9 Å². The number of para-hydroxylation sites is 1. The zero-order valence-corrected chi connectivity index (χ0v) is 18.5. The molecular formula is C21H23ClF3N3O3S. The van der Waals surface area contributed by atoms with Crippen LogP contribution in [-0.4, -0.2) is 26.9 Å². The van der Waals surface area contributed by atoms with Crippen molar-refractivity contribution >= 4 is 33.2 Å². The van der Waals surface area contributed by atoms with E-state index in [1.165, 1.54) is 6.07 Å². The third-order valence-electron chi connectivity index (χ3n) is 5.50. The number of hydrogen-bond donors (Lipinski definition) is 3. The van der Waals surface area contributed by atoms with Crippen LogP contribution in [0.25, 0.3) is 0 Å². The van der Waals surface area contributed by atoms with E-state index in [9.17, 15) is 26.4 Å². The summed E-state index contributed by atoms with van der Waals surface area (Å²) in [4.78, 5) is 12.5. The molecule has 2 aromatic carbocycles. The molecule has 1 fully saturated rings. The standard InChI is InChI=1S/C21H23ClF3N3O3S/c22-17-10-7-14(21(23,24)25)11-16(17)20(29)28-15-8-5-13(6-9-15)12-27-18-3-1-2-4-19(18)32(26,30)31/h1-4,7,10-11,13,15,27H,5-6,8-9,12H2,(H,28,29)(H2,26,30,31)/t13-,15-. The lowest BCUT2D eigenvalue weighted by atomic mass is 9.86. The van der Waals surface area contributed by atoms with Gasteiger partial charge in [0, 0.05) is 12.6 Å². The maximum Gasteiger partial charge on any atom is 0.416 e. The molecule has 0 atom stereocenters. The lowest BCUT2D eigenvalue weighted by molar-refractivity contribution is -0.137.